The number of nitrogens with two attached hydrogens (primary N) is 1. The molecule has 0 bridgehead atoms. The van der Waals surface area contributed by atoms with Gasteiger partial charge in [-0.3, -0.25) is 5.10 Å². The SMILES string of the molecule is Cc1c(N)n[nH]c1-c1cc(F)ccc1F. The van der Waals surface area contributed by atoms with Gasteiger partial charge in [-0.2, -0.15) is 5.10 Å². The highest BCUT2D eigenvalue weighted by Crippen LogP contribution is 2.27. The first-order valence-electron chi connectivity index (χ1n) is 4.35. The van der Waals surface area contributed by atoms with Crippen LogP contribution in [0.3, 0.4) is 0 Å². The molecule has 1 aromatic carbocycles. The van der Waals surface area contributed by atoms with Crippen molar-refractivity contribution >= 4 is 5.82 Å². The third-order valence-corrected chi connectivity index (χ3v) is 2.25. The van der Waals surface area contributed by atoms with Gasteiger partial charge in [-0.05, 0) is 25.1 Å². The molecule has 0 fully saturated rings. The van der Waals surface area contributed by atoms with E-state index in [0.29, 0.717) is 11.3 Å². The van der Waals surface area contributed by atoms with Gasteiger partial charge in [0.1, 0.15) is 17.5 Å². The molecule has 5 heteroatoms. The second-order valence-electron chi connectivity index (χ2n) is 3.23. The molecule has 0 aliphatic rings. The number of nitrogens with one attached hydrogen (secondary N) is 1. The first kappa shape index (κ1) is 9.64. The van der Waals surface area contributed by atoms with Gasteiger partial charge in [0.25, 0.3) is 0 Å². The van der Waals surface area contributed by atoms with E-state index in [1.165, 1.54) is 0 Å². The number of anilines is 1. The van der Waals surface area contributed by atoms with Crippen LogP contribution in [0.4, 0.5) is 14.6 Å². The van der Waals surface area contributed by atoms with E-state index in [0.717, 1.165) is 18.2 Å². The van der Waals surface area contributed by atoms with Crippen molar-refractivity contribution in [3.63, 3.8) is 0 Å². The maximum atomic E-state index is 13.4. The normalized spacial score (nSPS) is 10.6. The summed E-state index contributed by atoms with van der Waals surface area (Å²) in [5, 5.41) is 6.30. The Bertz CT molecular complexity index is 505. The summed E-state index contributed by atoms with van der Waals surface area (Å²) in [4.78, 5) is 0. The van der Waals surface area contributed by atoms with E-state index in [9.17, 15) is 8.78 Å². The summed E-state index contributed by atoms with van der Waals surface area (Å²) in [6.45, 7) is 1.69. The fourth-order valence-electron chi connectivity index (χ4n) is 1.36. The number of benzene rings is 1. The number of nitrogens with zero attached hydrogens (tertiary/aromatic N) is 1. The van der Waals surface area contributed by atoms with Gasteiger partial charge in [-0.15, -0.1) is 0 Å². The lowest BCUT2D eigenvalue weighted by Gasteiger charge is -2.01. The molecule has 1 heterocycles. The fraction of sp³-hybridized carbons (Fsp3) is 0.100. The van der Waals surface area contributed by atoms with E-state index in [-0.39, 0.29) is 11.4 Å². The van der Waals surface area contributed by atoms with Crippen molar-refractivity contribution < 1.29 is 8.78 Å². The molecule has 1 aromatic heterocycles. The number of H-pyrrole nitrogens is 1. The number of halogens is 2. The smallest absolute Gasteiger partial charge is 0.148 e. The van der Waals surface area contributed by atoms with E-state index in [1.54, 1.807) is 6.92 Å². The summed E-state index contributed by atoms with van der Waals surface area (Å²) in [7, 11) is 0. The number of hydrogen-bond donors (Lipinski definition) is 2. The topological polar surface area (TPSA) is 54.7 Å². The average Bonchev–Trinajstić information content (AvgIpc) is 2.52. The molecule has 15 heavy (non-hydrogen) atoms. The Labute approximate surface area is 84.9 Å². The highest BCUT2D eigenvalue weighted by molar-refractivity contribution is 5.67. The third kappa shape index (κ3) is 1.56. The van der Waals surface area contributed by atoms with Gasteiger partial charge in [0.15, 0.2) is 0 Å². The summed E-state index contributed by atoms with van der Waals surface area (Å²) in [6.07, 6.45) is 0. The van der Waals surface area contributed by atoms with E-state index in [1.807, 2.05) is 0 Å². The lowest BCUT2D eigenvalue weighted by atomic mass is 10.1. The molecule has 0 saturated heterocycles. The van der Waals surface area contributed by atoms with Crippen LogP contribution in [0.2, 0.25) is 0 Å². The van der Waals surface area contributed by atoms with Gasteiger partial charge in [-0.25, -0.2) is 8.78 Å². The third-order valence-electron chi connectivity index (χ3n) is 2.25. The lowest BCUT2D eigenvalue weighted by Crippen LogP contribution is -1.89. The van der Waals surface area contributed by atoms with E-state index < -0.39 is 11.6 Å². The number of rotatable bonds is 1. The maximum Gasteiger partial charge on any atom is 0.148 e. The van der Waals surface area contributed by atoms with Gasteiger partial charge in [0.2, 0.25) is 0 Å². The summed E-state index contributed by atoms with van der Waals surface area (Å²) in [6, 6.07) is 3.24. The zero-order valence-electron chi connectivity index (χ0n) is 8.01. The summed E-state index contributed by atoms with van der Waals surface area (Å²) in [5.74, 6) is -0.726. The van der Waals surface area contributed by atoms with Crippen molar-refractivity contribution in [2.24, 2.45) is 0 Å². The highest BCUT2D eigenvalue weighted by Gasteiger charge is 2.13. The van der Waals surface area contributed by atoms with Crippen LogP contribution in [0.1, 0.15) is 5.56 Å². The second-order valence-corrected chi connectivity index (χ2v) is 3.23. The van der Waals surface area contributed by atoms with Crippen LogP contribution < -0.4 is 5.73 Å². The molecule has 0 amide bonds. The Balaban J connectivity index is 2.63. The average molecular weight is 209 g/mol. The summed E-state index contributed by atoms with van der Waals surface area (Å²) >= 11 is 0. The zero-order chi connectivity index (χ0) is 11.0. The zero-order valence-corrected chi connectivity index (χ0v) is 8.01. The van der Waals surface area contributed by atoms with Crippen LogP contribution in [-0.4, -0.2) is 10.2 Å². The van der Waals surface area contributed by atoms with Gasteiger partial charge >= 0.3 is 0 Å². The first-order chi connectivity index (χ1) is 7.09. The largest absolute Gasteiger partial charge is 0.382 e. The molecule has 78 valence electrons. The monoisotopic (exact) mass is 209 g/mol. The van der Waals surface area contributed by atoms with Gasteiger partial charge < -0.3 is 5.73 Å². The molecule has 2 aromatic rings. The van der Waals surface area contributed by atoms with E-state index >= 15 is 0 Å². The Kier molecular flexibility index (Phi) is 2.15. The highest BCUT2D eigenvalue weighted by atomic mass is 19.1. The molecule has 0 aliphatic heterocycles. The predicted molar refractivity (Wildman–Crippen MR) is 53.1 cm³/mol. The Morgan fingerprint density at radius 1 is 1.33 bits per heavy atom. The standard InChI is InChI=1S/C10H9F2N3/c1-5-9(14-15-10(5)13)7-4-6(11)2-3-8(7)12/h2-4H,1H3,(H3,13,14,15). The quantitative estimate of drug-likeness (QED) is 0.756. The van der Waals surface area contributed by atoms with Crippen LogP contribution in [0.25, 0.3) is 11.3 Å². The second kappa shape index (κ2) is 3.34. The predicted octanol–water partition coefficient (Wildman–Crippen LogP) is 2.25. The van der Waals surface area contributed by atoms with Crippen molar-refractivity contribution in [1.29, 1.82) is 0 Å². The number of aromatic amines is 1. The van der Waals surface area contributed by atoms with Gasteiger partial charge in [0, 0.05) is 11.1 Å². The Morgan fingerprint density at radius 2 is 2.07 bits per heavy atom. The Hall–Kier alpha value is -1.91. The Morgan fingerprint density at radius 3 is 2.67 bits per heavy atom. The van der Waals surface area contributed by atoms with Crippen LogP contribution in [-0.2, 0) is 0 Å². The van der Waals surface area contributed by atoms with Crippen LogP contribution in [0, 0.1) is 18.6 Å². The molecule has 0 atom stereocenters. The molecular formula is C10H9F2N3. The van der Waals surface area contributed by atoms with Crippen molar-refractivity contribution in [2.75, 3.05) is 5.73 Å². The molecule has 0 aliphatic carbocycles. The minimum absolute atomic E-state index is 0.136. The van der Waals surface area contributed by atoms with Gasteiger partial charge in [0.05, 0.1) is 5.69 Å². The van der Waals surface area contributed by atoms with E-state index in [2.05, 4.69) is 10.2 Å². The van der Waals surface area contributed by atoms with E-state index in [4.69, 9.17) is 5.73 Å². The molecule has 0 radical (unpaired) electrons. The molecular weight excluding hydrogens is 200 g/mol. The van der Waals surface area contributed by atoms with Crippen LogP contribution in [0.15, 0.2) is 18.2 Å². The van der Waals surface area contributed by atoms with Crippen LogP contribution in [0.5, 0.6) is 0 Å². The molecule has 2 rings (SSSR count). The van der Waals surface area contributed by atoms with Gasteiger partial charge in [-0.1, -0.05) is 0 Å². The number of hydrogen-bond acceptors (Lipinski definition) is 2. The first-order valence-corrected chi connectivity index (χ1v) is 4.35. The molecule has 0 spiro atoms. The summed E-state index contributed by atoms with van der Waals surface area (Å²) in [5.41, 5.74) is 6.66. The van der Waals surface area contributed by atoms with Crippen molar-refractivity contribution in [1.82, 2.24) is 10.2 Å². The number of nitrogen functional groups attached to an aromatic ring is 1. The van der Waals surface area contributed by atoms with Crippen LogP contribution >= 0.6 is 0 Å². The van der Waals surface area contributed by atoms with Crippen molar-refractivity contribution in [3.05, 3.63) is 35.4 Å². The minimum Gasteiger partial charge on any atom is -0.382 e. The lowest BCUT2D eigenvalue weighted by molar-refractivity contribution is 0.602. The van der Waals surface area contributed by atoms with Crippen molar-refractivity contribution in [3.8, 4) is 11.3 Å². The molecule has 3 nitrogen and oxygen atoms in total. The molecule has 0 unspecified atom stereocenters. The summed E-state index contributed by atoms with van der Waals surface area (Å²) < 4.78 is 26.3. The fourth-order valence-corrected chi connectivity index (χ4v) is 1.36. The minimum atomic E-state index is -0.511. The maximum absolute atomic E-state index is 13.4. The van der Waals surface area contributed by atoms with Crippen molar-refractivity contribution in [2.45, 2.75) is 6.92 Å². The molecule has 3 N–H and O–H groups in total. The molecule has 0 saturated carbocycles. The number of aromatic nitrogens is 2.